The average molecular weight is 196 g/mol. The number of nitrogens with one attached hydrogen (secondary N) is 1. The third-order valence-electron chi connectivity index (χ3n) is 1.39. The quantitative estimate of drug-likeness (QED) is 0.422. The Morgan fingerprint density at radius 2 is 2.29 bits per heavy atom. The number of rotatable bonds is 5. The molecule has 0 aromatic heterocycles. The van der Waals surface area contributed by atoms with Crippen LogP contribution in [0.1, 0.15) is 13.3 Å². The number of amides is 1. The van der Waals surface area contributed by atoms with Crippen LogP contribution in [0.3, 0.4) is 0 Å². The maximum absolute atomic E-state index is 11.1. The Balaban J connectivity index is 4.50. The molecule has 0 aromatic rings. The third kappa shape index (κ3) is 4.42. The summed E-state index contributed by atoms with van der Waals surface area (Å²) in [5, 5.41) is 2.56. The zero-order valence-corrected chi connectivity index (χ0v) is 8.29. The minimum atomic E-state index is -0.198. The number of aliphatic imine (C=N–C) groups is 1. The van der Waals surface area contributed by atoms with Crippen molar-refractivity contribution in [1.29, 1.82) is 0 Å². The smallest absolute Gasteiger partial charge is 0.225 e. The molecule has 0 bridgehead atoms. The Labute approximate surface area is 83.6 Å². The molecule has 5 heteroatoms. The lowest BCUT2D eigenvalue weighted by atomic mass is 10.3. The van der Waals surface area contributed by atoms with Gasteiger partial charge in [-0.15, -0.1) is 0 Å². The lowest BCUT2D eigenvalue weighted by Gasteiger charge is -2.06. The predicted octanol–water partition coefficient (Wildman–Crippen LogP) is -0.144. The zero-order chi connectivity index (χ0) is 11.0. The van der Waals surface area contributed by atoms with Crippen molar-refractivity contribution in [2.45, 2.75) is 13.3 Å². The second-order valence-corrected chi connectivity index (χ2v) is 2.48. The van der Waals surface area contributed by atoms with Gasteiger partial charge in [0.1, 0.15) is 5.82 Å². The summed E-state index contributed by atoms with van der Waals surface area (Å²) in [4.78, 5) is 15.0. The fourth-order valence-corrected chi connectivity index (χ4v) is 0.772. The van der Waals surface area contributed by atoms with Crippen LogP contribution in [0.25, 0.3) is 0 Å². The first-order valence-electron chi connectivity index (χ1n) is 4.26. The van der Waals surface area contributed by atoms with Gasteiger partial charge < -0.3 is 16.8 Å². The van der Waals surface area contributed by atoms with Gasteiger partial charge in [0, 0.05) is 19.2 Å². The topological polar surface area (TPSA) is 93.5 Å². The van der Waals surface area contributed by atoms with Gasteiger partial charge in [-0.05, 0) is 13.0 Å². The summed E-state index contributed by atoms with van der Waals surface area (Å²) < 4.78 is 0. The first-order valence-corrected chi connectivity index (χ1v) is 4.26. The highest BCUT2D eigenvalue weighted by molar-refractivity contribution is 5.78. The molecular weight excluding hydrogens is 180 g/mol. The van der Waals surface area contributed by atoms with E-state index >= 15 is 0 Å². The van der Waals surface area contributed by atoms with E-state index in [4.69, 9.17) is 11.5 Å². The Morgan fingerprint density at radius 1 is 1.64 bits per heavy atom. The molecule has 0 radical (unpaired) electrons. The van der Waals surface area contributed by atoms with Gasteiger partial charge in [0.2, 0.25) is 5.91 Å². The van der Waals surface area contributed by atoms with E-state index in [0.717, 1.165) is 0 Å². The normalized spacial score (nSPS) is 12.4. The van der Waals surface area contributed by atoms with E-state index < -0.39 is 0 Å². The summed E-state index contributed by atoms with van der Waals surface area (Å²) in [6.45, 7) is 5.55. The first-order chi connectivity index (χ1) is 6.65. The van der Waals surface area contributed by atoms with E-state index in [0.29, 0.717) is 12.2 Å². The molecule has 0 unspecified atom stereocenters. The molecular formula is C9H16N4O. The van der Waals surface area contributed by atoms with Gasteiger partial charge in [0.05, 0.1) is 5.70 Å². The van der Waals surface area contributed by atoms with Gasteiger partial charge in [0.25, 0.3) is 0 Å². The van der Waals surface area contributed by atoms with Crippen LogP contribution in [-0.4, -0.2) is 18.7 Å². The van der Waals surface area contributed by atoms with E-state index in [-0.39, 0.29) is 18.1 Å². The van der Waals surface area contributed by atoms with Gasteiger partial charge >= 0.3 is 0 Å². The van der Waals surface area contributed by atoms with E-state index in [1.165, 1.54) is 12.3 Å². The van der Waals surface area contributed by atoms with Gasteiger partial charge in [0.15, 0.2) is 0 Å². The van der Waals surface area contributed by atoms with Crippen molar-refractivity contribution >= 4 is 12.1 Å². The number of carbonyl (C=O) groups is 1. The summed E-state index contributed by atoms with van der Waals surface area (Å²) >= 11 is 0. The number of nitrogens with two attached hydrogens (primary N) is 2. The molecule has 0 rings (SSSR count). The van der Waals surface area contributed by atoms with Crippen molar-refractivity contribution < 1.29 is 4.79 Å². The molecule has 5 N–H and O–H groups in total. The molecule has 0 aliphatic heterocycles. The van der Waals surface area contributed by atoms with E-state index in [9.17, 15) is 4.79 Å². The number of carbonyl (C=O) groups excluding carboxylic acids is 1. The highest BCUT2D eigenvalue weighted by Crippen LogP contribution is 1.97. The third-order valence-corrected chi connectivity index (χ3v) is 1.39. The fourth-order valence-electron chi connectivity index (χ4n) is 0.772. The van der Waals surface area contributed by atoms with Crippen molar-refractivity contribution in [3.05, 3.63) is 24.2 Å². The van der Waals surface area contributed by atoms with E-state index in [1.54, 1.807) is 6.92 Å². The van der Waals surface area contributed by atoms with Gasteiger partial charge in [-0.1, -0.05) is 6.58 Å². The first kappa shape index (κ1) is 12.4. The Bertz CT molecular complexity index is 268. The Hall–Kier alpha value is -1.62. The summed E-state index contributed by atoms with van der Waals surface area (Å²) in [7, 11) is 0. The molecule has 0 fully saturated rings. The van der Waals surface area contributed by atoms with Crippen LogP contribution in [0, 0.1) is 0 Å². The molecule has 0 saturated heterocycles. The second-order valence-electron chi connectivity index (χ2n) is 2.48. The van der Waals surface area contributed by atoms with E-state index in [1.807, 2.05) is 0 Å². The molecule has 1 amide bonds. The standard InChI is InChI=1S/C9H16N4O/c1-3-7(9(11)12-4-2)13-8(14)5-6-10/h3-4H,1,5-6,10-11H2,2H3,(H,13,14)/b9-7+,12-4-. The van der Waals surface area contributed by atoms with Crippen LogP contribution >= 0.6 is 0 Å². The monoisotopic (exact) mass is 196 g/mol. The maximum atomic E-state index is 11.1. The summed E-state index contributed by atoms with van der Waals surface area (Å²) in [5.41, 5.74) is 11.2. The van der Waals surface area contributed by atoms with Crippen LogP contribution in [0.15, 0.2) is 29.2 Å². The second kappa shape index (κ2) is 6.85. The molecule has 0 saturated carbocycles. The van der Waals surface area contributed by atoms with Crippen molar-refractivity contribution in [1.82, 2.24) is 5.32 Å². The maximum Gasteiger partial charge on any atom is 0.225 e. The highest BCUT2D eigenvalue weighted by atomic mass is 16.1. The number of hydrogen-bond acceptors (Lipinski definition) is 4. The summed E-state index contributed by atoms with van der Waals surface area (Å²) in [6, 6.07) is 0. The summed E-state index contributed by atoms with van der Waals surface area (Å²) in [5.74, 6) is 0.0320. The van der Waals surface area contributed by atoms with Crippen molar-refractivity contribution in [2.24, 2.45) is 16.5 Å². The lowest BCUT2D eigenvalue weighted by molar-refractivity contribution is -0.120. The van der Waals surface area contributed by atoms with Crippen LogP contribution in [0.5, 0.6) is 0 Å². The molecule has 0 spiro atoms. The van der Waals surface area contributed by atoms with Gasteiger partial charge in [-0.3, -0.25) is 4.79 Å². The largest absolute Gasteiger partial charge is 0.382 e. The highest BCUT2D eigenvalue weighted by Gasteiger charge is 2.03. The molecule has 5 nitrogen and oxygen atoms in total. The number of nitrogens with zero attached hydrogens (tertiary/aromatic N) is 1. The Kier molecular flexibility index (Phi) is 6.06. The molecule has 0 heterocycles. The lowest BCUT2D eigenvalue weighted by Crippen LogP contribution is -2.26. The minimum Gasteiger partial charge on any atom is -0.382 e. The van der Waals surface area contributed by atoms with Crippen molar-refractivity contribution in [3.63, 3.8) is 0 Å². The minimum absolute atomic E-state index is 0.198. The molecule has 78 valence electrons. The van der Waals surface area contributed by atoms with Crippen LogP contribution < -0.4 is 16.8 Å². The average Bonchev–Trinajstić information content (AvgIpc) is 2.15. The SMILES string of the molecule is C=C/C(NC(=O)CCN)=C(N)\N=C/C. The fraction of sp³-hybridized carbons (Fsp3) is 0.333. The van der Waals surface area contributed by atoms with Crippen molar-refractivity contribution in [2.75, 3.05) is 6.54 Å². The van der Waals surface area contributed by atoms with Gasteiger partial charge in [-0.2, -0.15) is 0 Å². The van der Waals surface area contributed by atoms with Crippen molar-refractivity contribution in [3.8, 4) is 0 Å². The van der Waals surface area contributed by atoms with Crippen LogP contribution in [0.2, 0.25) is 0 Å². The molecule has 14 heavy (non-hydrogen) atoms. The van der Waals surface area contributed by atoms with Crippen LogP contribution in [-0.2, 0) is 4.79 Å². The Morgan fingerprint density at radius 3 is 2.71 bits per heavy atom. The molecule has 0 atom stereocenters. The zero-order valence-electron chi connectivity index (χ0n) is 8.29. The summed E-state index contributed by atoms with van der Waals surface area (Å²) in [6.07, 6.45) is 3.23. The van der Waals surface area contributed by atoms with E-state index in [2.05, 4.69) is 16.9 Å². The number of allylic oxidation sites excluding steroid dienone is 1. The molecule has 0 aliphatic carbocycles. The molecule has 0 aromatic carbocycles. The van der Waals surface area contributed by atoms with Crippen LogP contribution in [0.4, 0.5) is 0 Å². The number of hydrogen-bond donors (Lipinski definition) is 3. The van der Waals surface area contributed by atoms with Gasteiger partial charge in [-0.25, -0.2) is 4.99 Å². The predicted molar refractivity (Wildman–Crippen MR) is 57.4 cm³/mol. The molecule has 0 aliphatic rings.